The molecule has 1 aromatic rings. The molecule has 0 aliphatic carbocycles. The average Bonchev–Trinajstić information content (AvgIpc) is 2.46. The van der Waals surface area contributed by atoms with Crippen LogP contribution in [0.1, 0.15) is 45.4 Å². The molecule has 0 aliphatic rings. The molecule has 1 N–H and O–H groups in total. The van der Waals surface area contributed by atoms with Crippen molar-refractivity contribution in [1.82, 2.24) is 0 Å². The van der Waals surface area contributed by atoms with Crippen LogP contribution in [0.25, 0.3) is 0 Å². The topological polar surface area (TPSA) is 30.5 Å². The Morgan fingerprint density at radius 2 is 1.76 bits per heavy atom. The van der Waals surface area contributed by atoms with Gasteiger partial charge in [-0.25, -0.2) is 0 Å². The Kier molecular flexibility index (Phi) is 8.55. The molecule has 1 aromatic carbocycles. The second-order valence-corrected chi connectivity index (χ2v) is 4.94. The SMILES string of the molecule is CCCCCCCCNc1ccc(OC)c(OC(F)F)c1. The fourth-order valence-electron chi connectivity index (χ4n) is 2.11. The van der Waals surface area contributed by atoms with Crippen LogP contribution >= 0.6 is 0 Å². The molecule has 0 atom stereocenters. The minimum absolute atomic E-state index is 0.0560. The van der Waals surface area contributed by atoms with Crippen molar-refractivity contribution in [3.05, 3.63) is 18.2 Å². The first-order valence-electron chi connectivity index (χ1n) is 7.54. The summed E-state index contributed by atoms with van der Waals surface area (Å²) in [5.41, 5.74) is 0.764. The molecule has 0 aliphatic heterocycles. The first-order valence-corrected chi connectivity index (χ1v) is 7.54. The molecule has 0 saturated heterocycles. The van der Waals surface area contributed by atoms with Crippen LogP contribution < -0.4 is 14.8 Å². The zero-order valence-electron chi connectivity index (χ0n) is 12.8. The van der Waals surface area contributed by atoms with Crippen LogP contribution in [0.2, 0.25) is 0 Å². The van der Waals surface area contributed by atoms with Gasteiger partial charge in [-0.1, -0.05) is 39.0 Å². The van der Waals surface area contributed by atoms with Gasteiger partial charge in [-0.05, 0) is 18.6 Å². The van der Waals surface area contributed by atoms with E-state index >= 15 is 0 Å². The summed E-state index contributed by atoms with van der Waals surface area (Å²) in [5, 5.41) is 3.22. The summed E-state index contributed by atoms with van der Waals surface area (Å²) in [6.45, 7) is 0.171. The minimum Gasteiger partial charge on any atom is -0.493 e. The molecule has 3 nitrogen and oxygen atoms in total. The van der Waals surface area contributed by atoms with Gasteiger partial charge in [0.05, 0.1) is 7.11 Å². The molecule has 0 spiro atoms. The number of benzene rings is 1. The van der Waals surface area contributed by atoms with Crippen LogP contribution in [0, 0.1) is 0 Å². The van der Waals surface area contributed by atoms with Gasteiger partial charge in [-0.15, -0.1) is 0 Å². The summed E-state index contributed by atoms with van der Waals surface area (Å²) in [5.74, 6) is 0.362. The summed E-state index contributed by atoms with van der Waals surface area (Å²) in [4.78, 5) is 0. The lowest BCUT2D eigenvalue weighted by molar-refractivity contribution is -0.0511. The number of hydrogen-bond acceptors (Lipinski definition) is 3. The third kappa shape index (κ3) is 7.16. The molecular formula is C16H25F2NO2. The van der Waals surface area contributed by atoms with E-state index in [4.69, 9.17) is 4.74 Å². The molecule has 21 heavy (non-hydrogen) atoms. The minimum atomic E-state index is -2.85. The smallest absolute Gasteiger partial charge is 0.387 e. The Bertz CT molecular complexity index is 400. The number of nitrogens with one attached hydrogen (secondary N) is 1. The van der Waals surface area contributed by atoms with Gasteiger partial charge in [0.15, 0.2) is 11.5 Å². The lowest BCUT2D eigenvalue weighted by atomic mass is 10.1. The first kappa shape index (κ1) is 17.5. The molecule has 0 radical (unpaired) electrons. The number of unbranched alkanes of at least 4 members (excludes halogenated alkanes) is 5. The standard InChI is InChI=1S/C16H25F2NO2/c1-3-4-5-6-7-8-11-19-13-9-10-14(20-2)15(12-13)21-16(17)18/h9-10,12,16,19H,3-8,11H2,1-2H3. The van der Waals surface area contributed by atoms with E-state index < -0.39 is 6.61 Å². The zero-order valence-corrected chi connectivity index (χ0v) is 12.8. The van der Waals surface area contributed by atoms with Gasteiger partial charge in [-0.2, -0.15) is 8.78 Å². The van der Waals surface area contributed by atoms with Gasteiger partial charge in [-0.3, -0.25) is 0 Å². The lowest BCUT2D eigenvalue weighted by Crippen LogP contribution is -2.05. The van der Waals surface area contributed by atoms with Crippen LogP contribution in [0.3, 0.4) is 0 Å². The van der Waals surface area contributed by atoms with Crippen molar-refractivity contribution < 1.29 is 18.3 Å². The third-order valence-electron chi connectivity index (χ3n) is 3.24. The molecule has 0 aromatic heterocycles. The summed E-state index contributed by atoms with van der Waals surface area (Å²) in [6.07, 6.45) is 7.32. The number of halogens is 2. The number of alkyl halides is 2. The van der Waals surface area contributed by atoms with Crippen LogP contribution in [-0.2, 0) is 0 Å². The van der Waals surface area contributed by atoms with Gasteiger partial charge in [0, 0.05) is 18.3 Å². The van der Waals surface area contributed by atoms with E-state index in [1.165, 1.54) is 39.2 Å². The van der Waals surface area contributed by atoms with Crippen molar-refractivity contribution in [2.75, 3.05) is 19.0 Å². The summed E-state index contributed by atoms with van der Waals surface area (Å²) in [6, 6.07) is 4.97. The molecule has 0 fully saturated rings. The predicted molar refractivity (Wildman–Crippen MR) is 81.5 cm³/mol. The quantitative estimate of drug-likeness (QED) is 0.579. The second kappa shape index (κ2) is 10.2. The molecule has 0 bridgehead atoms. The molecule has 0 amide bonds. The number of rotatable bonds is 11. The van der Waals surface area contributed by atoms with Crippen LogP contribution in [0.5, 0.6) is 11.5 Å². The van der Waals surface area contributed by atoms with Gasteiger partial charge in [0.1, 0.15) is 0 Å². The van der Waals surface area contributed by atoms with Crippen molar-refractivity contribution in [2.45, 2.75) is 52.1 Å². The van der Waals surface area contributed by atoms with E-state index in [1.807, 2.05) is 0 Å². The third-order valence-corrected chi connectivity index (χ3v) is 3.24. The Hall–Kier alpha value is -1.52. The highest BCUT2D eigenvalue weighted by Gasteiger charge is 2.11. The molecule has 120 valence electrons. The zero-order chi connectivity index (χ0) is 15.5. The second-order valence-electron chi connectivity index (χ2n) is 4.94. The normalized spacial score (nSPS) is 10.7. The molecule has 5 heteroatoms. The van der Waals surface area contributed by atoms with E-state index in [9.17, 15) is 8.78 Å². The highest BCUT2D eigenvalue weighted by Crippen LogP contribution is 2.31. The Balaban J connectivity index is 2.37. The summed E-state index contributed by atoms with van der Waals surface area (Å²) >= 11 is 0. The van der Waals surface area contributed by atoms with Gasteiger partial charge < -0.3 is 14.8 Å². The van der Waals surface area contributed by atoms with Crippen LogP contribution in [-0.4, -0.2) is 20.3 Å². The fraction of sp³-hybridized carbons (Fsp3) is 0.625. The number of methoxy groups -OCH3 is 1. The summed E-state index contributed by atoms with van der Waals surface area (Å²) < 4.78 is 34.1. The Morgan fingerprint density at radius 1 is 1.05 bits per heavy atom. The van der Waals surface area contributed by atoms with Crippen LogP contribution in [0.4, 0.5) is 14.5 Å². The lowest BCUT2D eigenvalue weighted by Gasteiger charge is -2.12. The highest BCUT2D eigenvalue weighted by atomic mass is 19.3. The molecule has 0 unspecified atom stereocenters. The monoisotopic (exact) mass is 301 g/mol. The highest BCUT2D eigenvalue weighted by molar-refractivity contribution is 5.54. The van der Waals surface area contributed by atoms with Crippen molar-refractivity contribution >= 4 is 5.69 Å². The van der Waals surface area contributed by atoms with Gasteiger partial charge >= 0.3 is 6.61 Å². The maximum atomic E-state index is 12.3. The Labute approximate surface area is 125 Å². The van der Waals surface area contributed by atoms with Crippen molar-refractivity contribution in [2.24, 2.45) is 0 Å². The largest absolute Gasteiger partial charge is 0.493 e. The van der Waals surface area contributed by atoms with E-state index in [1.54, 1.807) is 18.2 Å². The number of ether oxygens (including phenoxy) is 2. The predicted octanol–water partition coefficient (Wildman–Crippen LogP) is 5.07. The Morgan fingerprint density at radius 3 is 2.43 bits per heavy atom. The van der Waals surface area contributed by atoms with E-state index in [0.29, 0.717) is 5.75 Å². The van der Waals surface area contributed by atoms with Crippen LogP contribution in [0.15, 0.2) is 18.2 Å². The number of hydrogen-bond donors (Lipinski definition) is 1. The van der Waals surface area contributed by atoms with Crippen molar-refractivity contribution in [3.8, 4) is 11.5 Å². The van der Waals surface area contributed by atoms with E-state index in [-0.39, 0.29) is 5.75 Å². The summed E-state index contributed by atoms with van der Waals surface area (Å²) in [7, 11) is 1.43. The average molecular weight is 301 g/mol. The fourth-order valence-corrected chi connectivity index (χ4v) is 2.11. The van der Waals surface area contributed by atoms with Crippen molar-refractivity contribution in [3.63, 3.8) is 0 Å². The van der Waals surface area contributed by atoms with Gasteiger partial charge in [0.25, 0.3) is 0 Å². The van der Waals surface area contributed by atoms with Crippen molar-refractivity contribution in [1.29, 1.82) is 0 Å². The number of anilines is 1. The molecule has 0 heterocycles. The molecular weight excluding hydrogens is 276 g/mol. The molecule has 0 saturated carbocycles. The molecule has 1 rings (SSSR count). The van der Waals surface area contributed by atoms with E-state index in [0.717, 1.165) is 18.7 Å². The maximum absolute atomic E-state index is 12.3. The van der Waals surface area contributed by atoms with Gasteiger partial charge in [0.2, 0.25) is 0 Å². The first-order chi connectivity index (χ1) is 10.2. The van der Waals surface area contributed by atoms with E-state index in [2.05, 4.69) is 17.0 Å². The maximum Gasteiger partial charge on any atom is 0.387 e.